The first kappa shape index (κ1) is 10.8. The van der Waals surface area contributed by atoms with Crippen LogP contribution in [0.5, 0.6) is 0 Å². The molecule has 1 aromatic heterocycles. The number of aryl methyl sites for hydroxylation is 2. The van der Waals surface area contributed by atoms with E-state index < -0.39 is 0 Å². The first-order valence-electron chi connectivity index (χ1n) is 5.31. The van der Waals surface area contributed by atoms with Gasteiger partial charge < -0.3 is 5.73 Å². The largest absolute Gasteiger partial charge is 0.330 e. The number of hydrogen-bond donors (Lipinski definition) is 1. The Kier molecular flexibility index (Phi) is 3.01. The Balaban J connectivity index is 2.42. The lowest BCUT2D eigenvalue weighted by atomic mass is 10.0. The summed E-state index contributed by atoms with van der Waals surface area (Å²) in [5.41, 5.74) is 10.7. The van der Waals surface area contributed by atoms with E-state index in [0.29, 0.717) is 13.0 Å². The summed E-state index contributed by atoms with van der Waals surface area (Å²) in [7, 11) is 0. The van der Waals surface area contributed by atoms with E-state index in [2.05, 4.69) is 36.3 Å². The van der Waals surface area contributed by atoms with Crippen molar-refractivity contribution in [1.82, 2.24) is 10.3 Å². The van der Waals surface area contributed by atoms with Gasteiger partial charge in [0, 0.05) is 12.0 Å². The summed E-state index contributed by atoms with van der Waals surface area (Å²) >= 11 is 0. The summed E-state index contributed by atoms with van der Waals surface area (Å²) in [5.74, 6) is 0. The highest BCUT2D eigenvalue weighted by Gasteiger charge is 2.11. The van der Waals surface area contributed by atoms with Crippen molar-refractivity contribution in [2.75, 3.05) is 6.54 Å². The lowest BCUT2D eigenvalue weighted by molar-refractivity contribution is 0.304. The molecule has 0 saturated carbocycles. The molecule has 0 spiro atoms. The van der Waals surface area contributed by atoms with Crippen molar-refractivity contribution in [2.45, 2.75) is 20.3 Å². The van der Waals surface area contributed by atoms with Crippen LogP contribution in [-0.2, 0) is 6.42 Å². The summed E-state index contributed by atoms with van der Waals surface area (Å²) < 4.78 is 4.77. The molecule has 4 heteroatoms. The molecular weight excluding hydrogens is 202 g/mol. The Hall–Kier alpha value is -1.68. The fourth-order valence-corrected chi connectivity index (χ4v) is 1.62. The molecule has 0 aliphatic heterocycles. The predicted octanol–water partition coefficient (Wildman–Crippen LogP) is 1.85. The SMILES string of the molecule is Cc1ccc(-c2nonc2CCN)cc1C. The van der Waals surface area contributed by atoms with Crippen LogP contribution in [0.15, 0.2) is 22.8 Å². The smallest absolute Gasteiger partial charge is 0.138 e. The van der Waals surface area contributed by atoms with Gasteiger partial charge in [0.1, 0.15) is 11.4 Å². The van der Waals surface area contributed by atoms with Gasteiger partial charge in [0.05, 0.1) is 0 Å². The van der Waals surface area contributed by atoms with E-state index in [1.54, 1.807) is 0 Å². The predicted molar refractivity (Wildman–Crippen MR) is 62.0 cm³/mol. The summed E-state index contributed by atoms with van der Waals surface area (Å²) in [6, 6.07) is 6.20. The van der Waals surface area contributed by atoms with E-state index in [0.717, 1.165) is 17.0 Å². The van der Waals surface area contributed by atoms with Gasteiger partial charge in [-0.05, 0) is 42.7 Å². The molecule has 0 bridgehead atoms. The van der Waals surface area contributed by atoms with Crippen molar-refractivity contribution >= 4 is 0 Å². The molecule has 0 aliphatic carbocycles. The minimum absolute atomic E-state index is 0.548. The molecule has 16 heavy (non-hydrogen) atoms. The molecular formula is C12H15N3O. The molecule has 2 N–H and O–H groups in total. The Morgan fingerprint density at radius 2 is 2.00 bits per heavy atom. The first-order valence-corrected chi connectivity index (χ1v) is 5.31. The van der Waals surface area contributed by atoms with Gasteiger partial charge in [-0.2, -0.15) is 0 Å². The van der Waals surface area contributed by atoms with Crippen molar-refractivity contribution in [1.29, 1.82) is 0 Å². The number of hydrogen-bond acceptors (Lipinski definition) is 4. The number of nitrogens with two attached hydrogens (primary N) is 1. The first-order chi connectivity index (χ1) is 7.72. The lowest BCUT2D eigenvalue weighted by Gasteiger charge is -2.03. The van der Waals surface area contributed by atoms with E-state index >= 15 is 0 Å². The van der Waals surface area contributed by atoms with Gasteiger partial charge in [0.15, 0.2) is 0 Å². The average molecular weight is 217 g/mol. The van der Waals surface area contributed by atoms with E-state index in [1.165, 1.54) is 11.1 Å². The van der Waals surface area contributed by atoms with Gasteiger partial charge in [0.25, 0.3) is 0 Å². The average Bonchev–Trinajstić information content (AvgIpc) is 2.71. The summed E-state index contributed by atoms with van der Waals surface area (Å²) in [6.07, 6.45) is 0.686. The fraction of sp³-hybridized carbons (Fsp3) is 0.333. The molecule has 4 nitrogen and oxygen atoms in total. The maximum absolute atomic E-state index is 5.51. The minimum atomic E-state index is 0.548. The highest BCUT2D eigenvalue weighted by Crippen LogP contribution is 2.23. The van der Waals surface area contributed by atoms with Crippen molar-refractivity contribution in [2.24, 2.45) is 5.73 Å². The molecule has 84 valence electrons. The third-order valence-electron chi connectivity index (χ3n) is 2.72. The standard InChI is InChI=1S/C12H15N3O/c1-8-3-4-10(7-9(8)2)12-11(5-6-13)14-16-15-12/h3-4,7H,5-6,13H2,1-2H3. The zero-order valence-corrected chi connectivity index (χ0v) is 9.53. The Labute approximate surface area is 94.4 Å². The molecule has 1 aromatic carbocycles. The van der Waals surface area contributed by atoms with Crippen LogP contribution < -0.4 is 5.73 Å². The van der Waals surface area contributed by atoms with Crippen LogP contribution in [0.4, 0.5) is 0 Å². The second kappa shape index (κ2) is 4.45. The zero-order chi connectivity index (χ0) is 11.5. The summed E-state index contributed by atoms with van der Waals surface area (Å²) in [5, 5.41) is 7.80. The number of rotatable bonds is 3. The van der Waals surface area contributed by atoms with E-state index in [-0.39, 0.29) is 0 Å². The minimum Gasteiger partial charge on any atom is -0.330 e. The monoisotopic (exact) mass is 217 g/mol. The van der Waals surface area contributed by atoms with E-state index in [9.17, 15) is 0 Å². The molecule has 1 heterocycles. The third-order valence-corrected chi connectivity index (χ3v) is 2.72. The lowest BCUT2D eigenvalue weighted by Crippen LogP contribution is -2.04. The second-order valence-electron chi connectivity index (χ2n) is 3.90. The fourth-order valence-electron chi connectivity index (χ4n) is 1.62. The van der Waals surface area contributed by atoms with Gasteiger partial charge in [-0.25, -0.2) is 4.63 Å². The van der Waals surface area contributed by atoms with Crippen LogP contribution in [0.25, 0.3) is 11.3 Å². The van der Waals surface area contributed by atoms with Crippen LogP contribution in [0, 0.1) is 13.8 Å². The topological polar surface area (TPSA) is 64.9 Å². The number of aromatic nitrogens is 2. The van der Waals surface area contributed by atoms with Gasteiger partial charge in [-0.3, -0.25) is 0 Å². The maximum atomic E-state index is 5.51. The van der Waals surface area contributed by atoms with Crippen LogP contribution >= 0.6 is 0 Å². The molecule has 0 radical (unpaired) electrons. The van der Waals surface area contributed by atoms with Crippen LogP contribution in [-0.4, -0.2) is 16.9 Å². The molecule has 0 fully saturated rings. The Morgan fingerprint density at radius 1 is 1.19 bits per heavy atom. The molecule has 0 aliphatic rings. The Morgan fingerprint density at radius 3 is 2.69 bits per heavy atom. The van der Waals surface area contributed by atoms with Crippen molar-refractivity contribution in [3.8, 4) is 11.3 Å². The van der Waals surface area contributed by atoms with Gasteiger partial charge >= 0.3 is 0 Å². The molecule has 2 rings (SSSR count). The normalized spacial score (nSPS) is 10.7. The van der Waals surface area contributed by atoms with E-state index in [1.807, 2.05) is 6.07 Å². The van der Waals surface area contributed by atoms with Gasteiger partial charge in [-0.15, -0.1) is 0 Å². The highest BCUT2D eigenvalue weighted by molar-refractivity contribution is 5.62. The van der Waals surface area contributed by atoms with Crippen LogP contribution in [0.2, 0.25) is 0 Å². The second-order valence-corrected chi connectivity index (χ2v) is 3.90. The highest BCUT2D eigenvalue weighted by atomic mass is 16.6. The summed E-state index contributed by atoms with van der Waals surface area (Å²) in [6.45, 7) is 4.71. The molecule has 0 amide bonds. The molecule has 0 atom stereocenters. The van der Waals surface area contributed by atoms with Crippen molar-refractivity contribution in [3.63, 3.8) is 0 Å². The number of nitrogens with zero attached hydrogens (tertiary/aromatic N) is 2. The summed E-state index contributed by atoms with van der Waals surface area (Å²) in [4.78, 5) is 0. The van der Waals surface area contributed by atoms with Crippen LogP contribution in [0.3, 0.4) is 0 Å². The van der Waals surface area contributed by atoms with Crippen LogP contribution in [0.1, 0.15) is 16.8 Å². The molecule has 2 aromatic rings. The van der Waals surface area contributed by atoms with Gasteiger partial charge in [-0.1, -0.05) is 17.3 Å². The Bertz CT molecular complexity index is 491. The van der Waals surface area contributed by atoms with Gasteiger partial charge in [0.2, 0.25) is 0 Å². The molecule has 0 unspecified atom stereocenters. The number of benzene rings is 1. The third kappa shape index (κ3) is 1.97. The maximum Gasteiger partial charge on any atom is 0.138 e. The van der Waals surface area contributed by atoms with Crippen molar-refractivity contribution < 1.29 is 4.63 Å². The van der Waals surface area contributed by atoms with E-state index in [4.69, 9.17) is 10.4 Å². The molecule has 0 saturated heterocycles. The zero-order valence-electron chi connectivity index (χ0n) is 9.53. The van der Waals surface area contributed by atoms with Crippen molar-refractivity contribution in [3.05, 3.63) is 35.0 Å². The quantitative estimate of drug-likeness (QED) is 0.852.